The van der Waals surface area contributed by atoms with E-state index in [-0.39, 0.29) is 18.6 Å². The molecule has 1 N–H and O–H groups in total. The highest BCUT2D eigenvalue weighted by Gasteiger charge is 2.10. The van der Waals surface area contributed by atoms with E-state index in [0.717, 1.165) is 12.8 Å². The van der Waals surface area contributed by atoms with Crippen molar-refractivity contribution in [2.45, 2.75) is 25.8 Å². The molecule has 96 valence electrons. The van der Waals surface area contributed by atoms with E-state index >= 15 is 0 Å². The lowest BCUT2D eigenvalue weighted by Crippen LogP contribution is -2.40. The van der Waals surface area contributed by atoms with E-state index in [9.17, 15) is 4.79 Å². The number of nitrogens with one attached hydrogen (secondary N) is 1. The molecule has 16 heavy (non-hydrogen) atoms. The molecule has 0 aromatic rings. The first-order valence-electron chi connectivity index (χ1n) is 5.59. The number of amides is 1. The summed E-state index contributed by atoms with van der Waals surface area (Å²) >= 11 is 0. The van der Waals surface area contributed by atoms with Crippen molar-refractivity contribution in [3.63, 3.8) is 0 Å². The number of carbonyl (C=O) groups excluding carboxylic acids is 1. The molecule has 5 heteroatoms. The molecular weight excluding hydrogens is 210 g/mol. The third kappa shape index (κ3) is 8.64. The van der Waals surface area contributed by atoms with Gasteiger partial charge in [-0.25, -0.2) is 0 Å². The SMILES string of the molecule is CCCC(COC)NC(=O)COCCOC. The molecule has 0 aliphatic rings. The second-order valence-corrected chi connectivity index (χ2v) is 3.55. The predicted molar refractivity (Wildman–Crippen MR) is 61.4 cm³/mol. The summed E-state index contributed by atoms with van der Waals surface area (Å²) in [5, 5.41) is 2.87. The quantitative estimate of drug-likeness (QED) is 0.561. The topological polar surface area (TPSA) is 56.8 Å². The van der Waals surface area contributed by atoms with Crippen LogP contribution in [0.3, 0.4) is 0 Å². The summed E-state index contributed by atoms with van der Waals surface area (Å²) in [5.74, 6) is -0.105. The average molecular weight is 233 g/mol. The van der Waals surface area contributed by atoms with Crippen LogP contribution in [-0.4, -0.2) is 52.6 Å². The van der Waals surface area contributed by atoms with E-state index in [1.54, 1.807) is 14.2 Å². The van der Waals surface area contributed by atoms with Gasteiger partial charge in [-0.05, 0) is 6.42 Å². The Bertz CT molecular complexity index is 169. The van der Waals surface area contributed by atoms with Crippen LogP contribution < -0.4 is 5.32 Å². The number of rotatable bonds is 10. The Morgan fingerprint density at radius 3 is 2.56 bits per heavy atom. The molecule has 1 unspecified atom stereocenters. The minimum absolute atomic E-state index is 0.0767. The van der Waals surface area contributed by atoms with Crippen LogP contribution in [0.5, 0.6) is 0 Å². The highest BCUT2D eigenvalue weighted by molar-refractivity contribution is 5.77. The first-order chi connectivity index (χ1) is 7.74. The summed E-state index contributed by atoms with van der Waals surface area (Å²) in [6.45, 7) is 3.63. The van der Waals surface area contributed by atoms with Crippen molar-refractivity contribution < 1.29 is 19.0 Å². The van der Waals surface area contributed by atoms with Crippen molar-refractivity contribution in [2.24, 2.45) is 0 Å². The van der Waals surface area contributed by atoms with Crippen LogP contribution in [0, 0.1) is 0 Å². The molecule has 0 saturated carbocycles. The summed E-state index contributed by atoms with van der Waals surface area (Å²) in [4.78, 5) is 11.4. The third-order valence-corrected chi connectivity index (χ3v) is 2.04. The second kappa shape index (κ2) is 10.9. The fraction of sp³-hybridized carbons (Fsp3) is 0.909. The summed E-state index contributed by atoms with van der Waals surface area (Å²) in [6.07, 6.45) is 1.93. The summed E-state index contributed by atoms with van der Waals surface area (Å²) in [7, 11) is 3.23. The van der Waals surface area contributed by atoms with Gasteiger partial charge in [0, 0.05) is 14.2 Å². The van der Waals surface area contributed by atoms with Crippen molar-refractivity contribution in [1.82, 2.24) is 5.32 Å². The van der Waals surface area contributed by atoms with Gasteiger partial charge in [0.25, 0.3) is 0 Å². The van der Waals surface area contributed by atoms with Crippen LogP contribution in [0.15, 0.2) is 0 Å². The molecule has 0 aromatic carbocycles. The van der Waals surface area contributed by atoms with Gasteiger partial charge >= 0.3 is 0 Å². The van der Waals surface area contributed by atoms with Gasteiger partial charge in [0.15, 0.2) is 0 Å². The molecule has 1 atom stereocenters. The largest absolute Gasteiger partial charge is 0.383 e. The van der Waals surface area contributed by atoms with Crippen LogP contribution in [0.25, 0.3) is 0 Å². The number of carbonyl (C=O) groups is 1. The molecule has 0 radical (unpaired) electrons. The molecule has 0 rings (SSSR count). The van der Waals surface area contributed by atoms with Gasteiger partial charge in [-0.3, -0.25) is 4.79 Å². The van der Waals surface area contributed by atoms with Gasteiger partial charge in [0.1, 0.15) is 6.61 Å². The molecule has 0 aromatic heterocycles. The minimum Gasteiger partial charge on any atom is -0.383 e. The van der Waals surface area contributed by atoms with Gasteiger partial charge in [0.2, 0.25) is 5.91 Å². The van der Waals surface area contributed by atoms with Gasteiger partial charge in [0.05, 0.1) is 25.9 Å². The fourth-order valence-corrected chi connectivity index (χ4v) is 1.32. The first kappa shape index (κ1) is 15.3. The van der Waals surface area contributed by atoms with Crippen molar-refractivity contribution in [3.05, 3.63) is 0 Å². The number of methoxy groups -OCH3 is 2. The van der Waals surface area contributed by atoms with Gasteiger partial charge in [-0.1, -0.05) is 13.3 Å². The van der Waals surface area contributed by atoms with Gasteiger partial charge in [-0.2, -0.15) is 0 Å². The Kier molecular flexibility index (Phi) is 10.4. The smallest absolute Gasteiger partial charge is 0.246 e. The molecule has 0 heterocycles. The molecule has 0 spiro atoms. The Morgan fingerprint density at radius 2 is 2.00 bits per heavy atom. The van der Waals surface area contributed by atoms with Crippen LogP contribution >= 0.6 is 0 Å². The Morgan fingerprint density at radius 1 is 1.25 bits per heavy atom. The Balaban J connectivity index is 3.63. The van der Waals surface area contributed by atoms with Crippen molar-refractivity contribution in [2.75, 3.05) is 40.6 Å². The second-order valence-electron chi connectivity index (χ2n) is 3.55. The molecule has 1 amide bonds. The van der Waals surface area contributed by atoms with E-state index in [2.05, 4.69) is 12.2 Å². The van der Waals surface area contributed by atoms with Crippen molar-refractivity contribution >= 4 is 5.91 Å². The predicted octanol–water partition coefficient (Wildman–Crippen LogP) is 0.581. The zero-order chi connectivity index (χ0) is 12.2. The standard InChI is InChI=1S/C11H23NO4/c1-4-5-10(8-15-3)12-11(13)9-16-7-6-14-2/h10H,4-9H2,1-3H3,(H,12,13). The van der Waals surface area contributed by atoms with Gasteiger partial charge < -0.3 is 19.5 Å². The number of hydrogen-bond acceptors (Lipinski definition) is 4. The van der Waals surface area contributed by atoms with Crippen LogP contribution in [-0.2, 0) is 19.0 Å². The summed E-state index contributed by atoms with van der Waals surface area (Å²) < 4.78 is 14.9. The Hall–Kier alpha value is -0.650. The third-order valence-electron chi connectivity index (χ3n) is 2.04. The van der Waals surface area contributed by atoms with Crippen LogP contribution in [0.1, 0.15) is 19.8 Å². The molecular formula is C11H23NO4. The summed E-state index contributed by atoms with van der Waals surface area (Å²) in [6, 6.07) is 0.0773. The lowest BCUT2D eigenvalue weighted by atomic mass is 10.2. The van der Waals surface area contributed by atoms with Crippen LogP contribution in [0.2, 0.25) is 0 Å². The van der Waals surface area contributed by atoms with E-state index in [0.29, 0.717) is 19.8 Å². The average Bonchev–Trinajstić information content (AvgIpc) is 2.25. The fourth-order valence-electron chi connectivity index (χ4n) is 1.32. The molecule has 0 fully saturated rings. The Labute approximate surface area is 97.4 Å². The van der Waals surface area contributed by atoms with Crippen molar-refractivity contribution in [3.8, 4) is 0 Å². The normalized spacial score (nSPS) is 12.4. The van der Waals surface area contributed by atoms with E-state index < -0.39 is 0 Å². The molecule has 0 aliphatic heterocycles. The molecule has 0 saturated heterocycles. The first-order valence-corrected chi connectivity index (χ1v) is 5.59. The highest BCUT2D eigenvalue weighted by atomic mass is 16.5. The lowest BCUT2D eigenvalue weighted by molar-refractivity contribution is -0.127. The maximum Gasteiger partial charge on any atom is 0.246 e. The van der Waals surface area contributed by atoms with Crippen LogP contribution in [0.4, 0.5) is 0 Å². The molecule has 0 aliphatic carbocycles. The monoisotopic (exact) mass is 233 g/mol. The molecule has 0 bridgehead atoms. The summed E-state index contributed by atoms with van der Waals surface area (Å²) in [5.41, 5.74) is 0. The van der Waals surface area contributed by atoms with E-state index in [1.165, 1.54) is 0 Å². The number of ether oxygens (including phenoxy) is 3. The highest BCUT2D eigenvalue weighted by Crippen LogP contribution is 1.96. The number of hydrogen-bond donors (Lipinski definition) is 1. The van der Waals surface area contributed by atoms with Crippen molar-refractivity contribution in [1.29, 1.82) is 0 Å². The lowest BCUT2D eigenvalue weighted by Gasteiger charge is -2.17. The molecule has 5 nitrogen and oxygen atoms in total. The maximum absolute atomic E-state index is 11.4. The van der Waals surface area contributed by atoms with Gasteiger partial charge in [-0.15, -0.1) is 0 Å². The zero-order valence-corrected chi connectivity index (χ0v) is 10.5. The zero-order valence-electron chi connectivity index (χ0n) is 10.5. The minimum atomic E-state index is -0.105. The van der Waals surface area contributed by atoms with E-state index in [1.807, 2.05) is 0 Å². The maximum atomic E-state index is 11.4. The van der Waals surface area contributed by atoms with E-state index in [4.69, 9.17) is 14.2 Å².